The van der Waals surface area contributed by atoms with Gasteiger partial charge in [0.1, 0.15) is 23.0 Å². The predicted octanol–water partition coefficient (Wildman–Crippen LogP) is 0.605. The first-order valence-corrected chi connectivity index (χ1v) is 5.49. The van der Waals surface area contributed by atoms with Gasteiger partial charge in [-0.25, -0.2) is 9.97 Å². The van der Waals surface area contributed by atoms with Crippen LogP contribution in [0.4, 0.5) is 11.6 Å². The number of hydrogen-bond donors (Lipinski definition) is 3. The van der Waals surface area contributed by atoms with Crippen LogP contribution >= 0.6 is 0 Å². The first kappa shape index (κ1) is 13.2. The second-order valence-corrected chi connectivity index (χ2v) is 4.47. The topological polar surface area (TPSA) is 107 Å². The third-order valence-electron chi connectivity index (χ3n) is 2.59. The number of carbonyl (C=O) groups excluding carboxylic acids is 1. The Bertz CT molecular complexity index is 442. The lowest BCUT2D eigenvalue weighted by atomic mass is 10.0. The van der Waals surface area contributed by atoms with E-state index in [1.54, 1.807) is 20.8 Å². The molecule has 0 aliphatic heterocycles. The number of aromatic nitrogens is 2. The van der Waals surface area contributed by atoms with Crippen molar-refractivity contribution >= 4 is 17.5 Å². The monoisotopic (exact) mass is 237 g/mol. The highest BCUT2D eigenvalue weighted by Crippen LogP contribution is 2.21. The lowest BCUT2D eigenvalue weighted by Crippen LogP contribution is -2.45. The summed E-state index contributed by atoms with van der Waals surface area (Å²) in [7, 11) is 0. The molecule has 5 N–H and O–H groups in total. The van der Waals surface area contributed by atoms with Crippen LogP contribution in [0.1, 0.15) is 32.2 Å². The van der Waals surface area contributed by atoms with Crippen LogP contribution in [0.5, 0.6) is 0 Å². The molecule has 0 atom stereocenters. The van der Waals surface area contributed by atoms with E-state index in [4.69, 9.17) is 11.5 Å². The number of nitrogens with one attached hydrogen (secondary N) is 1. The second kappa shape index (κ2) is 4.57. The van der Waals surface area contributed by atoms with Gasteiger partial charge in [0.2, 0.25) is 5.91 Å². The minimum Gasteiger partial charge on any atom is -0.383 e. The number of aryl methyl sites for hydroxylation is 1. The van der Waals surface area contributed by atoms with E-state index >= 15 is 0 Å². The Morgan fingerprint density at radius 1 is 1.41 bits per heavy atom. The van der Waals surface area contributed by atoms with E-state index in [-0.39, 0.29) is 0 Å². The summed E-state index contributed by atoms with van der Waals surface area (Å²) in [6.07, 6.45) is 0.677. The molecule has 1 amide bonds. The third kappa shape index (κ3) is 2.83. The molecule has 0 spiro atoms. The van der Waals surface area contributed by atoms with Gasteiger partial charge in [-0.1, -0.05) is 6.92 Å². The number of nitrogens with two attached hydrogens (primary N) is 2. The number of primary amides is 1. The van der Waals surface area contributed by atoms with Crippen LogP contribution in [-0.2, 0) is 11.2 Å². The molecule has 0 aliphatic rings. The van der Waals surface area contributed by atoms with E-state index in [0.29, 0.717) is 23.9 Å². The van der Waals surface area contributed by atoms with Gasteiger partial charge in [-0.3, -0.25) is 4.79 Å². The summed E-state index contributed by atoms with van der Waals surface area (Å²) in [6.45, 7) is 7.12. The van der Waals surface area contributed by atoms with E-state index in [0.717, 1.165) is 5.56 Å². The summed E-state index contributed by atoms with van der Waals surface area (Å²) < 4.78 is 0. The minimum absolute atomic E-state index is 0.416. The Labute approximate surface area is 101 Å². The number of hydrogen-bond acceptors (Lipinski definition) is 5. The summed E-state index contributed by atoms with van der Waals surface area (Å²) in [4.78, 5) is 19.7. The average molecular weight is 237 g/mol. The van der Waals surface area contributed by atoms with Crippen molar-refractivity contribution in [2.45, 2.75) is 39.7 Å². The molecular weight excluding hydrogens is 218 g/mol. The summed E-state index contributed by atoms with van der Waals surface area (Å²) >= 11 is 0. The highest BCUT2D eigenvalue weighted by atomic mass is 16.1. The van der Waals surface area contributed by atoms with Crippen LogP contribution in [0.2, 0.25) is 0 Å². The summed E-state index contributed by atoms with van der Waals surface area (Å²) in [6, 6.07) is 0. The normalized spacial score (nSPS) is 11.3. The van der Waals surface area contributed by atoms with E-state index < -0.39 is 11.4 Å². The van der Waals surface area contributed by atoms with Gasteiger partial charge >= 0.3 is 0 Å². The van der Waals surface area contributed by atoms with Gasteiger partial charge in [0.15, 0.2) is 0 Å². The van der Waals surface area contributed by atoms with Crippen LogP contribution < -0.4 is 16.8 Å². The summed E-state index contributed by atoms with van der Waals surface area (Å²) in [5, 5.41) is 3.00. The summed E-state index contributed by atoms with van der Waals surface area (Å²) in [5.41, 5.74) is 10.9. The molecule has 0 fully saturated rings. The van der Waals surface area contributed by atoms with Crippen molar-refractivity contribution in [3.8, 4) is 0 Å². The number of amides is 1. The molecule has 0 aromatic carbocycles. The van der Waals surface area contributed by atoms with Crippen molar-refractivity contribution in [3.05, 3.63) is 11.4 Å². The number of nitrogen functional groups attached to an aromatic ring is 1. The van der Waals surface area contributed by atoms with Gasteiger partial charge in [0.25, 0.3) is 0 Å². The maximum atomic E-state index is 11.3. The molecule has 0 saturated heterocycles. The minimum atomic E-state index is -0.878. The predicted molar refractivity (Wildman–Crippen MR) is 67.5 cm³/mol. The zero-order chi connectivity index (χ0) is 13.2. The fraction of sp³-hybridized carbons (Fsp3) is 0.545. The van der Waals surface area contributed by atoms with Crippen LogP contribution in [0, 0.1) is 6.92 Å². The van der Waals surface area contributed by atoms with E-state index in [9.17, 15) is 4.79 Å². The van der Waals surface area contributed by atoms with Gasteiger partial charge < -0.3 is 16.8 Å². The number of nitrogens with zero attached hydrogens (tertiary/aromatic N) is 2. The molecule has 94 valence electrons. The SMILES string of the molecule is CCc1nc(N)c(C)c(NC(C)(C)C(N)=O)n1. The van der Waals surface area contributed by atoms with Crippen molar-refractivity contribution in [3.63, 3.8) is 0 Å². The first-order chi connectivity index (χ1) is 7.77. The third-order valence-corrected chi connectivity index (χ3v) is 2.59. The first-order valence-electron chi connectivity index (χ1n) is 5.49. The molecule has 0 aliphatic carbocycles. The molecule has 0 radical (unpaired) electrons. The zero-order valence-electron chi connectivity index (χ0n) is 10.7. The molecule has 0 bridgehead atoms. The molecular formula is C11H19N5O. The standard InChI is InChI=1S/C11H19N5O/c1-5-7-14-8(12)6(2)9(15-7)16-11(3,4)10(13)17/h5H2,1-4H3,(H2,13,17)(H3,12,14,15,16). The highest BCUT2D eigenvalue weighted by Gasteiger charge is 2.26. The van der Waals surface area contributed by atoms with Gasteiger partial charge in [-0.2, -0.15) is 0 Å². The summed E-state index contributed by atoms with van der Waals surface area (Å²) in [5.74, 6) is 1.15. The van der Waals surface area contributed by atoms with Gasteiger partial charge in [-0.05, 0) is 20.8 Å². The van der Waals surface area contributed by atoms with Gasteiger partial charge in [-0.15, -0.1) is 0 Å². The van der Waals surface area contributed by atoms with Gasteiger partial charge in [0.05, 0.1) is 0 Å². The Hall–Kier alpha value is -1.85. The van der Waals surface area contributed by atoms with Crippen LogP contribution in [0.25, 0.3) is 0 Å². The Morgan fingerprint density at radius 3 is 2.47 bits per heavy atom. The number of rotatable bonds is 4. The fourth-order valence-electron chi connectivity index (χ4n) is 1.22. The highest BCUT2D eigenvalue weighted by molar-refractivity contribution is 5.87. The maximum Gasteiger partial charge on any atom is 0.242 e. The van der Waals surface area contributed by atoms with Crippen molar-refractivity contribution in [1.82, 2.24) is 9.97 Å². The molecule has 1 aromatic rings. The second-order valence-electron chi connectivity index (χ2n) is 4.47. The van der Waals surface area contributed by atoms with Crippen LogP contribution in [0.15, 0.2) is 0 Å². The molecule has 6 heteroatoms. The van der Waals surface area contributed by atoms with Gasteiger partial charge in [0, 0.05) is 12.0 Å². The molecule has 1 aromatic heterocycles. The molecule has 1 heterocycles. The Morgan fingerprint density at radius 2 is 2.00 bits per heavy atom. The van der Waals surface area contributed by atoms with Crippen molar-refractivity contribution < 1.29 is 4.79 Å². The van der Waals surface area contributed by atoms with Crippen molar-refractivity contribution in [2.24, 2.45) is 5.73 Å². The molecule has 6 nitrogen and oxygen atoms in total. The quantitative estimate of drug-likeness (QED) is 0.711. The van der Waals surface area contributed by atoms with E-state index in [2.05, 4.69) is 15.3 Å². The lowest BCUT2D eigenvalue weighted by Gasteiger charge is -2.24. The van der Waals surface area contributed by atoms with Crippen LogP contribution in [-0.4, -0.2) is 21.4 Å². The lowest BCUT2D eigenvalue weighted by molar-refractivity contribution is -0.121. The molecule has 0 saturated carbocycles. The van der Waals surface area contributed by atoms with Crippen LogP contribution in [0.3, 0.4) is 0 Å². The number of carbonyl (C=O) groups is 1. The zero-order valence-corrected chi connectivity index (χ0v) is 10.7. The smallest absolute Gasteiger partial charge is 0.242 e. The average Bonchev–Trinajstić information content (AvgIpc) is 2.23. The molecule has 0 unspecified atom stereocenters. The van der Waals surface area contributed by atoms with E-state index in [1.165, 1.54) is 0 Å². The van der Waals surface area contributed by atoms with Crippen molar-refractivity contribution in [2.75, 3.05) is 11.1 Å². The largest absolute Gasteiger partial charge is 0.383 e. The molecule has 1 rings (SSSR count). The fourth-order valence-corrected chi connectivity index (χ4v) is 1.22. The Balaban J connectivity index is 3.14. The van der Waals surface area contributed by atoms with E-state index in [1.807, 2.05) is 6.92 Å². The Kier molecular flexibility index (Phi) is 3.55. The maximum absolute atomic E-state index is 11.3. The number of anilines is 2. The molecule has 17 heavy (non-hydrogen) atoms. The van der Waals surface area contributed by atoms with Crippen molar-refractivity contribution in [1.29, 1.82) is 0 Å².